The van der Waals surface area contributed by atoms with Gasteiger partial charge in [0.15, 0.2) is 23.4 Å². The number of carbonyl (C=O) groups is 2. The van der Waals surface area contributed by atoms with Gasteiger partial charge in [0.05, 0.1) is 6.20 Å². The van der Waals surface area contributed by atoms with E-state index >= 15 is 0 Å². The molecule has 1 amide bonds. The number of ketones is 1. The standard InChI is InChI=1S/C41H37N5O5/c1-19(2)13-23(47)16-22-14-21-11-12-30-28(15-21)41-27-9-5-8-25(34(27)46-40(41)50-30)24-7-6-10-29-32(24)26(17-42-29)31-18-43-38(49-31)35-36(41)51-39(45-35)33(20(3)4)44-37(22)48/h5-12,15,17-20,22,33,40,42,46H,13-14,16H2,1-4H3,(H,44,48)/t22-,33+,40?,41+/m1/s1. The van der Waals surface area contributed by atoms with Crippen molar-refractivity contribution in [2.24, 2.45) is 17.8 Å². The third-order valence-electron chi connectivity index (χ3n) is 11.0. The van der Waals surface area contributed by atoms with Gasteiger partial charge in [0.1, 0.15) is 23.0 Å². The predicted molar refractivity (Wildman–Crippen MR) is 191 cm³/mol. The van der Waals surface area contributed by atoms with Gasteiger partial charge in [-0.1, -0.05) is 70.2 Å². The van der Waals surface area contributed by atoms with E-state index in [1.807, 2.05) is 46.0 Å². The first-order valence-electron chi connectivity index (χ1n) is 17.8. The number of H-pyrrole nitrogens is 1. The van der Waals surface area contributed by atoms with Crippen molar-refractivity contribution in [2.75, 3.05) is 5.32 Å². The van der Waals surface area contributed by atoms with Gasteiger partial charge in [-0.3, -0.25) is 9.59 Å². The van der Waals surface area contributed by atoms with Crippen LogP contribution in [-0.2, 0) is 21.4 Å². The van der Waals surface area contributed by atoms with Crippen molar-refractivity contribution in [3.63, 3.8) is 0 Å². The summed E-state index contributed by atoms with van der Waals surface area (Å²) in [7, 11) is 0. The molecule has 4 atom stereocenters. The van der Waals surface area contributed by atoms with Gasteiger partial charge >= 0.3 is 0 Å². The topological polar surface area (TPSA) is 135 Å². The molecule has 6 aromatic rings. The summed E-state index contributed by atoms with van der Waals surface area (Å²) in [6.45, 7) is 8.10. The van der Waals surface area contributed by atoms with Gasteiger partial charge < -0.3 is 29.2 Å². The van der Waals surface area contributed by atoms with Crippen molar-refractivity contribution < 1.29 is 23.2 Å². The number of fused-ring (bicyclic) bond motifs is 7. The molecule has 4 aliphatic rings. The Morgan fingerprint density at radius 1 is 0.980 bits per heavy atom. The van der Waals surface area contributed by atoms with E-state index in [-0.39, 0.29) is 29.9 Å². The summed E-state index contributed by atoms with van der Waals surface area (Å²) in [5.41, 5.74) is 7.15. The highest BCUT2D eigenvalue weighted by Crippen LogP contribution is 2.61. The smallest absolute Gasteiger partial charge is 0.249 e. The molecule has 0 radical (unpaired) electrons. The summed E-state index contributed by atoms with van der Waals surface area (Å²) < 4.78 is 20.5. The van der Waals surface area contributed by atoms with Crippen LogP contribution in [0.15, 0.2) is 75.8 Å². The highest BCUT2D eigenvalue weighted by Gasteiger charge is 2.61. The van der Waals surface area contributed by atoms with Gasteiger partial charge in [0.25, 0.3) is 0 Å². The minimum atomic E-state index is -0.992. The molecule has 0 saturated carbocycles. The van der Waals surface area contributed by atoms with Crippen LogP contribution < -0.4 is 15.4 Å². The van der Waals surface area contributed by atoms with E-state index in [2.05, 4.69) is 58.1 Å². The first-order valence-corrected chi connectivity index (χ1v) is 17.8. The largest absolute Gasteiger partial charge is 0.469 e. The summed E-state index contributed by atoms with van der Waals surface area (Å²) in [6.07, 6.45) is 4.08. The van der Waals surface area contributed by atoms with Crippen molar-refractivity contribution in [1.82, 2.24) is 20.3 Å². The number of hydrogen-bond acceptors (Lipinski definition) is 8. The molecule has 10 nitrogen and oxygen atoms in total. The Morgan fingerprint density at radius 3 is 2.67 bits per heavy atom. The van der Waals surface area contributed by atoms with E-state index < -0.39 is 23.6 Å². The number of hydrogen-bond donors (Lipinski definition) is 3. The van der Waals surface area contributed by atoms with Crippen LogP contribution in [0.4, 0.5) is 5.69 Å². The minimum Gasteiger partial charge on any atom is -0.469 e. The minimum absolute atomic E-state index is 0.0759. The molecular formula is C41H37N5O5. The number of aromatic amines is 1. The molecule has 10 heteroatoms. The number of nitrogens with zero attached hydrogens (tertiary/aromatic N) is 2. The molecule has 256 valence electrons. The lowest BCUT2D eigenvalue weighted by atomic mass is 9.72. The zero-order chi connectivity index (χ0) is 34.8. The SMILES string of the molecule is CC(C)CC(=O)C[C@H]1Cc2ccc3c(c2)[C@]24c5cccc(c5NC2O3)-c2cccc3[nH]cc(c23)-c2cnc(o2)-c2nc(oc24)[C@H](C(C)C)NC1=O. The molecule has 3 N–H and O–H groups in total. The number of ether oxygens (including phenoxy) is 1. The summed E-state index contributed by atoms with van der Waals surface area (Å²) in [5.74, 6) is 1.92. The maximum absolute atomic E-state index is 14.2. The number of oxazole rings is 2. The number of anilines is 1. The van der Waals surface area contributed by atoms with Crippen molar-refractivity contribution >= 4 is 28.3 Å². The fraction of sp³-hybridized carbons (Fsp3) is 0.317. The van der Waals surface area contributed by atoms with Gasteiger partial charge in [-0.15, -0.1) is 0 Å². The number of nitrogens with one attached hydrogen (secondary N) is 3. The third-order valence-corrected chi connectivity index (χ3v) is 11.0. The summed E-state index contributed by atoms with van der Waals surface area (Å²) in [6, 6.07) is 18.1. The number of Topliss-reactive ketones (excluding diaryl/α,β-unsaturated/α-hetero) is 1. The van der Waals surface area contributed by atoms with Crippen molar-refractivity contribution in [2.45, 2.75) is 64.6 Å². The van der Waals surface area contributed by atoms with Crippen LogP contribution in [0.2, 0.25) is 0 Å². The molecule has 4 aliphatic heterocycles. The van der Waals surface area contributed by atoms with E-state index in [1.165, 1.54) is 0 Å². The average Bonchev–Trinajstić information content (AvgIpc) is 3.92. The number of para-hydroxylation sites is 1. The molecule has 1 spiro atoms. The Balaban J connectivity index is 1.29. The molecule has 1 unspecified atom stereocenters. The van der Waals surface area contributed by atoms with E-state index in [1.54, 1.807) is 6.20 Å². The molecule has 51 heavy (non-hydrogen) atoms. The Hall–Kier alpha value is -5.64. The highest BCUT2D eigenvalue weighted by molar-refractivity contribution is 6.07. The highest BCUT2D eigenvalue weighted by atomic mass is 16.5. The fourth-order valence-electron chi connectivity index (χ4n) is 8.79. The van der Waals surface area contributed by atoms with Crippen molar-refractivity contribution in [3.8, 4) is 39.8 Å². The molecular weight excluding hydrogens is 642 g/mol. The summed E-state index contributed by atoms with van der Waals surface area (Å²) in [4.78, 5) is 40.8. The number of amides is 1. The molecule has 10 bridgehead atoms. The number of rotatable bonds is 5. The van der Waals surface area contributed by atoms with E-state index in [0.717, 1.165) is 50.0 Å². The fourth-order valence-corrected chi connectivity index (χ4v) is 8.79. The summed E-state index contributed by atoms with van der Waals surface area (Å²) in [5, 5.41) is 8.08. The number of aromatic nitrogens is 3. The lowest BCUT2D eigenvalue weighted by molar-refractivity contribution is -0.130. The summed E-state index contributed by atoms with van der Waals surface area (Å²) >= 11 is 0. The van der Waals surface area contributed by atoms with E-state index in [0.29, 0.717) is 47.6 Å². The Labute approximate surface area is 294 Å². The molecule has 3 aromatic heterocycles. The Kier molecular flexibility index (Phi) is 6.33. The Bertz CT molecular complexity index is 2430. The lowest BCUT2D eigenvalue weighted by Crippen LogP contribution is -2.40. The third kappa shape index (κ3) is 4.22. The van der Waals surface area contributed by atoms with Crippen molar-refractivity contribution in [1.29, 1.82) is 0 Å². The first-order chi connectivity index (χ1) is 24.7. The average molecular weight is 680 g/mol. The monoisotopic (exact) mass is 679 g/mol. The van der Waals surface area contributed by atoms with Crippen molar-refractivity contribution in [3.05, 3.63) is 95.3 Å². The molecule has 7 heterocycles. The second-order valence-corrected chi connectivity index (χ2v) is 15.2. The quantitative estimate of drug-likeness (QED) is 0.167. The lowest BCUT2D eigenvalue weighted by Gasteiger charge is -2.28. The van der Waals surface area contributed by atoms with Crippen LogP contribution in [0, 0.1) is 17.8 Å². The van der Waals surface area contributed by atoms with Gasteiger partial charge in [-0.05, 0) is 41.5 Å². The van der Waals surface area contributed by atoms with Crippen LogP contribution in [0.5, 0.6) is 5.75 Å². The number of benzene rings is 3. The number of carbonyl (C=O) groups excluding carboxylic acids is 2. The van der Waals surface area contributed by atoms with Gasteiger partial charge in [0, 0.05) is 63.8 Å². The normalized spacial score (nSPS) is 22.2. The predicted octanol–water partition coefficient (Wildman–Crippen LogP) is 7.93. The Morgan fingerprint density at radius 2 is 1.82 bits per heavy atom. The van der Waals surface area contributed by atoms with Crippen LogP contribution in [0.3, 0.4) is 0 Å². The van der Waals surface area contributed by atoms with E-state index in [9.17, 15) is 9.59 Å². The van der Waals surface area contributed by atoms with Crippen LogP contribution >= 0.6 is 0 Å². The van der Waals surface area contributed by atoms with Crippen LogP contribution in [0.1, 0.15) is 74.9 Å². The maximum Gasteiger partial charge on any atom is 0.249 e. The van der Waals surface area contributed by atoms with Crippen LogP contribution in [-0.4, -0.2) is 32.9 Å². The zero-order valence-corrected chi connectivity index (χ0v) is 28.8. The molecule has 10 rings (SSSR count). The molecule has 0 saturated heterocycles. The maximum atomic E-state index is 14.2. The van der Waals surface area contributed by atoms with Gasteiger partial charge in [0.2, 0.25) is 17.7 Å². The molecule has 0 aliphatic carbocycles. The molecule has 3 aromatic carbocycles. The first kappa shape index (κ1) is 30.2. The molecule has 0 fully saturated rings. The van der Waals surface area contributed by atoms with Gasteiger partial charge in [-0.2, -0.15) is 0 Å². The zero-order valence-electron chi connectivity index (χ0n) is 28.8. The second kappa shape index (κ2) is 10.7. The van der Waals surface area contributed by atoms with Gasteiger partial charge in [-0.25, -0.2) is 9.97 Å². The second-order valence-electron chi connectivity index (χ2n) is 15.2. The van der Waals surface area contributed by atoms with E-state index in [4.69, 9.17) is 23.5 Å². The van der Waals surface area contributed by atoms with Crippen LogP contribution in [0.25, 0.3) is 44.9 Å².